The number of allylic oxidation sites excluding steroid dienone is 8. The molecule has 19 heteroatoms. The summed E-state index contributed by atoms with van der Waals surface area (Å²) in [6, 6.07) is 0. The number of rotatable bonds is 70. The van der Waals surface area contributed by atoms with Gasteiger partial charge in [-0.1, -0.05) is 283 Å². The molecule has 550 valence electrons. The van der Waals surface area contributed by atoms with Gasteiger partial charge in [0, 0.05) is 25.7 Å². The maximum Gasteiger partial charge on any atom is 0.472 e. The molecule has 0 aromatic carbocycles. The Morgan fingerprint density at radius 1 is 0.340 bits per heavy atom. The van der Waals surface area contributed by atoms with Gasteiger partial charge < -0.3 is 33.8 Å². The summed E-state index contributed by atoms with van der Waals surface area (Å²) >= 11 is 0. The molecule has 17 nitrogen and oxygen atoms in total. The number of esters is 4. The largest absolute Gasteiger partial charge is 0.472 e. The molecular formula is C75H138O17P2. The Morgan fingerprint density at radius 3 is 0.894 bits per heavy atom. The van der Waals surface area contributed by atoms with Crippen LogP contribution < -0.4 is 0 Å². The Balaban J connectivity index is 5.34. The summed E-state index contributed by atoms with van der Waals surface area (Å²) < 4.78 is 68.4. The van der Waals surface area contributed by atoms with E-state index < -0.39 is 97.5 Å². The van der Waals surface area contributed by atoms with Crippen molar-refractivity contribution in [2.75, 3.05) is 39.6 Å². The minimum Gasteiger partial charge on any atom is -0.462 e. The SMILES string of the molecule is CCCCCC/C=C\C=C/CCCCCCCC(=O)OC[C@H](COP(=O)(O)OC[C@@H](O)COP(=O)(O)OC[C@@H](COC(=O)CCCCCCCCC(C)CC)OC(=O)CCCCCCCCCCCCC(C)CC)OC(=O)CCCCCCC/C=C\C=C/CCCCCC. The first-order chi connectivity index (χ1) is 45.4. The number of ether oxygens (including phenoxy) is 4. The zero-order valence-corrected chi connectivity index (χ0v) is 62.0. The van der Waals surface area contributed by atoms with Crippen LogP contribution in [0.4, 0.5) is 0 Å². The number of aliphatic hydroxyl groups excluding tert-OH is 1. The molecule has 0 radical (unpaired) electrons. The molecule has 0 aliphatic heterocycles. The van der Waals surface area contributed by atoms with Gasteiger partial charge in [-0.05, 0) is 88.9 Å². The molecule has 4 unspecified atom stereocenters. The lowest BCUT2D eigenvalue weighted by Gasteiger charge is -2.21. The third-order valence-corrected chi connectivity index (χ3v) is 18.8. The summed E-state index contributed by atoms with van der Waals surface area (Å²) in [6.07, 6.45) is 58.4. The number of phosphoric ester groups is 2. The van der Waals surface area contributed by atoms with Gasteiger partial charge in [0.1, 0.15) is 19.3 Å². The number of carbonyl (C=O) groups excluding carboxylic acids is 4. The summed E-state index contributed by atoms with van der Waals surface area (Å²) in [4.78, 5) is 72.7. The van der Waals surface area contributed by atoms with Crippen molar-refractivity contribution < 1.29 is 80.2 Å². The molecule has 0 bridgehead atoms. The van der Waals surface area contributed by atoms with Gasteiger partial charge in [-0.15, -0.1) is 0 Å². The molecule has 0 spiro atoms. The Hall–Kier alpha value is -2.98. The van der Waals surface area contributed by atoms with Crippen LogP contribution in [0.5, 0.6) is 0 Å². The van der Waals surface area contributed by atoms with Gasteiger partial charge >= 0.3 is 39.5 Å². The third-order valence-electron chi connectivity index (χ3n) is 16.9. The molecule has 0 aromatic heterocycles. The van der Waals surface area contributed by atoms with E-state index >= 15 is 0 Å². The number of phosphoric acid groups is 2. The van der Waals surface area contributed by atoms with E-state index in [1.54, 1.807) is 0 Å². The van der Waals surface area contributed by atoms with E-state index in [1.165, 1.54) is 116 Å². The fourth-order valence-corrected chi connectivity index (χ4v) is 11.9. The smallest absolute Gasteiger partial charge is 0.462 e. The quantitative estimate of drug-likeness (QED) is 0.0169. The Labute approximate surface area is 572 Å². The molecule has 0 amide bonds. The standard InChI is InChI=1S/C75H138O17P2/c1-7-11-13-15-17-19-21-23-25-27-29-34-38-45-51-57-72(77)85-63-70(91-74(79)59-53-47-39-35-30-28-26-24-22-20-18-16-14-12-8-2)65-89-93(81,82)87-61-69(76)62-88-94(83,84)90-66-71(64-86-73(78)58-52-46-42-41-44-50-56-68(6)10-4)92-75(80)60-54-48-40-36-32-31-33-37-43-49-55-67(5)9-3/h19-26,67-71,76H,7-18,27-66H2,1-6H3,(H,81,82)(H,83,84)/b21-19-,22-20-,25-23-,26-24-/t67?,68?,69-,70-,71-/m1/s1. The van der Waals surface area contributed by atoms with Crippen LogP contribution in [0, 0.1) is 11.8 Å². The van der Waals surface area contributed by atoms with Gasteiger partial charge in [0.25, 0.3) is 0 Å². The molecule has 0 saturated heterocycles. The average Bonchev–Trinajstić information content (AvgIpc) is 1.21. The first-order valence-corrected chi connectivity index (χ1v) is 40.7. The molecule has 0 rings (SSSR count). The van der Waals surface area contributed by atoms with Crippen LogP contribution in [0.3, 0.4) is 0 Å². The van der Waals surface area contributed by atoms with Crippen molar-refractivity contribution in [3.8, 4) is 0 Å². The number of carbonyl (C=O) groups is 4. The second kappa shape index (κ2) is 65.9. The fourth-order valence-electron chi connectivity index (χ4n) is 10.3. The first-order valence-electron chi connectivity index (χ1n) is 37.7. The zero-order chi connectivity index (χ0) is 69.3. The molecule has 0 aliphatic rings. The number of hydrogen-bond donors (Lipinski definition) is 3. The Kier molecular flexibility index (Phi) is 63.8. The zero-order valence-electron chi connectivity index (χ0n) is 60.2. The maximum absolute atomic E-state index is 13.1. The van der Waals surface area contributed by atoms with E-state index in [-0.39, 0.29) is 25.7 Å². The highest BCUT2D eigenvalue weighted by molar-refractivity contribution is 7.47. The molecule has 0 aromatic rings. The molecule has 0 saturated carbocycles. The van der Waals surface area contributed by atoms with Crippen LogP contribution >= 0.6 is 15.6 Å². The van der Waals surface area contributed by atoms with Crippen molar-refractivity contribution >= 4 is 39.5 Å². The topological polar surface area (TPSA) is 237 Å². The monoisotopic (exact) mass is 1370 g/mol. The number of hydrogen-bond acceptors (Lipinski definition) is 15. The highest BCUT2D eigenvalue weighted by Crippen LogP contribution is 2.45. The predicted molar refractivity (Wildman–Crippen MR) is 381 cm³/mol. The minimum absolute atomic E-state index is 0.0778. The molecule has 0 fully saturated rings. The lowest BCUT2D eigenvalue weighted by Crippen LogP contribution is -2.30. The highest BCUT2D eigenvalue weighted by Gasteiger charge is 2.30. The molecule has 3 N–H and O–H groups in total. The van der Waals surface area contributed by atoms with Crippen molar-refractivity contribution in [1.29, 1.82) is 0 Å². The maximum atomic E-state index is 13.1. The van der Waals surface area contributed by atoms with E-state index in [0.29, 0.717) is 25.7 Å². The van der Waals surface area contributed by atoms with Crippen molar-refractivity contribution in [2.24, 2.45) is 11.8 Å². The molecule has 94 heavy (non-hydrogen) atoms. The normalized spacial score (nSPS) is 14.9. The second-order valence-electron chi connectivity index (χ2n) is 26.1. The molecule has 0 heterocycles. The minimum atomic E-state index is -4.97. The summed E-state index contributed by atoms with van der Waals surface area (Å²) in [6.45, 7) is 9.43. The van der Waals surface area contributed by atoms with Crippen LogP contribution in [0.1, 0.15) is 337 Å². The first kappa shape index (κ1) is 91.0. The van der Waals surface area contributed by atoms with Gasteiger partial charge in [0.05, 0.1) is 26.4 Å². The van der Waals surface area contributed by atoms with Gasteiger partial charge in [-0.3, -0.25) is 37.3 Å². The van der Waals surface area contributed by atoms with Crippen LogP contribution in [0.2, 0.25) is 0 Å². The summed E-state index contributed by atoms with van der Waals surface area (Å²) in [5.74, 6) is -0.653. The fraction of sp³-hybridized carbons (Fsp3) is 0.840. The lowest BCUT2D eigenvalue weighted by molar-refractivity contribution is -0.161. The van der Waals surface area contributed by atoms with Gasteiger partial charge in [-0.2, -0.15) is 0 Å². The van der Waals surface area contributed by atoms with Gasteiger partial charge in [0.2, 0.25) is 0 Å². The van der Waals surface area contributed by atoms with Crippen molar-refractivity contribution in [3.05, 3.63) is 48.6 Å². The highest BCUT2D eigenvalue weighted by atomic mass is 31.2. The predicted octanol–water partition coefficient (Wildman–Crippen LogP) is 21.0. The van der Waals surface area contributed by atoms with E-state index in [1.807, 2.05) is 0 Å². The second-order valence-corrected chi connectivity index (χ2v) is 29.1. The molecular weight excluding hydrogens is 1230 g/mol. The van der Waals surface area contributed by atoms with E-state index in [2.05, 4.69) is 90.2 Å². The Morgan fingerprint density at radius 2 is 0.596 bits per heavy atom. The van der Waals surface area contributed by atoms with E-state index in [9.17, 15) is 43.2 Å². The van der Waals surface area contributed by atoms with E-state index in [4.69, 9.17) is 37.0 Å². The Bertz CT molecular complexity index is 2010. The van der Waals surface area contributed by atoms with Gasteiger partial charge in [0.15, 0.2) is 12.2 Å². The van der Waals surface area contributed by atoms with E-state index in [0.717, 1.165) is 140 Å². The van der Waals surface area contributed by atoms with Gasteiger partial charge in [-0.25, -0.2) is 9.13 Å². The average molecular weight is 1370 g/mol. The number of aliphatic hydroxyl groups is 1. The van der Waals surface area contributed by atoms with Crippen molar-refractivity contribution in [2.45, 2.75) is 355 Å². The summed E-state index contributed by atoms with van der Waals surface area (Å²) in [5.41, 5.74) is 0. The third kappa shape index (κ3) is 65.0. The van der Waals surface area contributed by atoms with Crippen LogP contribution in [0.25, 0.3) is 0 Å². The van der Waals surface area contributed by atoms with Crippen LogP contribution in [-0.4, -0.2) is 96.7 Å². The lowest BCUT2D eigenvalue weighted by atomic mass is 9.99. The van der Waals surface area contributed by atoms with Crippen LogP contribution in [-0.2, 0) is 65.4 Å². The number of unbranched alkanes of at least 4 members (excludes halogenated alkanes) is 32. The van der Waals surface area contributed by atoms with Crippen molar-refractivity contribution in [1.82, 2.24) is 0 Å². The van der Waals surface area contributed by atoms with Crippen molar-refractivity contribution in [3.63, 3.8) is 0 Å². The van der Waals surface area contributed by atoms with Crippen LogP contribution in [0.15, 0.2) is 48.6 Å². The summed E-state index contributed by atoms with van der Waals surface area (Å²) in [7, 11) is -9.93. The summed E-state index contributed by atoms with van der Waals surface area (Å²) in [5, 5.41) is 10.6. The molecule has 0 aliphatic carbocycles. The molecule has 7 atom stereocenters.